The van der Waals surface area contributed by atoms with E-state index >= 15 is 0 Å². The molecule has 7 heteroatoms. The van der Waals surface area contributed by atoms with Crippen molar-refractivity contribution in [3.63, 3.8) is 0 Å². The normalized spacial score (nSPS) is 31.4. The number of guanidine groups is 1. The lowest BCUT2D eigenvalue weighted by Gasteiger charge is -2.34. The van der Waals surface area contributed by atoms with E-state index in [9.17, 15) is 5.11 Å². The van der Waals surface area contributed by atoms with E-state index in [0.717, 1.165) is 50.2 Å². The van der Waals surface area contributed by atoms with Crippen LogP contribution in [0.1, 0.15) is 25.7 Å². The van der Waals surface area contributed by atoms with Crippen LogP contribution in [0.5, 0.6) is 0 Å². The molecule has 1 atom stereocenters. The Morgan fingerprint density at radius 1 is 1.32 bits per heavy atom. The number of nitrogens with one attached hydrogen (secondary N) is 1. The minimum absolute atomic E-state index is 0. The molecule has 0 radical (unpaired) electrons. The molecule has 1 unspecified atom stereocenters. The molecule has 0 bridgehead atoms. The zero-order chi connectivity index (χ0) is 14.8. The molecule has 3 saturated heterocycles. The average Bonchev–Trinajstić information content (AvgIpc) is 3.09. The molecule has 3 rings (SSSR count). The van der Waals surface area contributed by atoms with Crippen LogP contribution in [0.25, 0.3) is 0 Å². The number of nitrogens with zero attached hydrogens (tertiary/aromatic N) is 2. The summed E-state index contributed by atoms with van der Waals surface area (Å²) < 4.78 is 5.51. The van der Waals surface area contributed by atoms with Gasteiger partial charge >= 0.3 is 0 Å². The van der Waals surface area contributed by atoms with Crippen molar-refractivity contribution < 1.29 is 9.84 Å². The van der Waals surface area contributed by atoms with Crippen LogP contribution in [0.4, 0.5) is 0 Å². The van der Waals surface area contributed by atoms with Gasteiger partial charge in [0.2, 0.25) is 0 Å². The molecule has 0 aliphatic carbocycles. The Hall–Kier alpha value is 0.270. The van der Waals surface area contributed by atoms with Gasteiger partial charge in [0.1, 0.15) is 0 Å². The topological polar surface area (TPSA) is 57.1 Å². The quantitative estimate of drug-likeness (QED) is 0.387. The van der Waals surface area contributed by atoms with E-state index in [2.05, 4.69) is 15.2 Å². The Balaban J connectivity index is 0.00000176. The van der Waals surface area contributed by atoms with Crippen molar-refractivity contribution in [2.45, 2.75) is 31.3 Å². The second-order valence-electron chi connectivity index (χ2n) is 6.71. The minimum Gasteiger partial charge on any atom is -0.387 e. The summed E-state index contributed by atoms with van der Waals surface area (Å²) >= 11 is 1.83. The molecule has 0 aromatic carbocycles. The summed E-state index contributed by atoms with van der Waals surface area (Å²) in [5.41, 5.74) is -0.132. The largest absolute Gasteiger partial charge is 0.387 e. The maximum Gasteiger partial charge on any atom is 0.193 e. The van der Waals surface area contributed by atoms with Crippen LogP contribution >= 0.6 is 35.7 Å². The number of halogens is 1. The fourth-order valence-electron chi connectivity index (χ4n) is 3.64. The molecule has 0 aromatic rings. The Morgan fingerprint density at radius 2 is 2.09 bits per heavy atom. The zero-order valence-electron chi connectivity index (χ0n) is 13.3. The number of hydrogen-bond acceptors (Lipinski definition) is 4. The highest BCUT2D eigenvalue weighted by atomic mass is 127. The van der Waals surface area contributed by atoms with Gasteiger partial charge in [0.15, 0.2) is 5.96 Å². The number of rotatable bonds is 2. The Morgan fingerprint density at radius 3 is 2.73 bits per heavy atom. The molecule has 0 saturated carbocycles. The van der Waals surface area contributed by atoms with Crippen molar-refractivity contribution in [3.05, 3.63) is 0 Å². The standard InChI is InChI=1S/C15H27N3O2S.HI/c1-16-13(17-10-15(19)5-9-21-12-15)18-6-2-14(11-18)3-7-20-8-4-14;/h19H,2-12H2,1H3,(H,16,17);1H. The first-order chi connectivity index (χ1) is 10.1. The third kappa shape index (κ3) is 4.21. The van der Waals surface area contributed by atoms with Crippen molar-refractivity contribution in [1.29, 1.82) is 0 Å². The monoisotopic (exact) mass is 441 g/mol. The number of aliphatic imine (C=N–C) groups is 1. The molecule has 0 amide bonds. The van der Waals surface area contributed by atoms with Gasteiger partial charge in [-0.3, -0.25) is 4.99 Å². The molecule has 5 nitrogen and oxygen atoms in total. The lowest BCUT2D eigenvalue weighted by atomic mass is 9.80. The van der Waals surface area contributed by atoms with Gasteiger partial charge in [-0.15, -0.1) is 24.0 Å². The summed E-state index contributed by atoms with van der Waals surface area (Å²) in [4.78, 5) is 6.78. The third-order valence-corrected chi connectivity index (χ3v) is 6.40. The number of thioether (sulfide) groups is 1. The summed E-state index contributed by atoms with van der Waals surface area (Å²) in [6.07, 6.45) is 4.45. The highest BCUT2D eigenvalue weighted by Crippen LogP contribution is 2.39. The first kappa shape index (κ1) is 18.6. The molecule has 3 aliphatic heterocycles. The second kappa shape index (κ2) is 7.90. The fourth-order valence-corrected chi connectivity index (χ4v) is 4.94. The first-order valence-corrected chi connectivity index (χ1v) is 9.14. The summed E-state index contributed by atoms with van der Waals surface area (Å²) in [6.45, 7) is 4.54. The Bertz CT molecular complexity index is 396. The van der Waals surface area contributed by atoms with Crippen LogP contribution in [0, 0.1) is 5.41 Å². The molecule has 22 heavy (non-hydrogen) atoms. The van der Waals surface area contributed by atoms with Crippen LogP contribution in [-0.4, -0.2) is 73.0 Å². The Kier molecular flexibility index (Phi) is 6.68. The second-order valence-corrected chi connectivity index (χ2v) is 7.82. The fraction of sp³-hybridized carbons (Fsp3) is 0.933. The average molecular weight is 441 g/mol. The number of ether oxygens (including phenoxy) is 1. The van der Waals surface area contributed by atoms with Gasteiger partial charge in [0.05, 0.1) is 5.60 Å². The molecule has 3 heterocycles. The smallest absolute Gasteiger partial charge is 0.193 e. The van der Waals surface area contributed by atoms with Gasteiger partial charge in [-0.25, -0.2) is 0 Å². The van der Waals surface area contributed by atoms with Gasteiger partial charge in [-0.05, 0) is 36.9 Å². The summed E-state index contributed by atoms with van der Waals surface area (Å²) in [5, 5.41) is 13.8. The summed E-state index contributed by atoms with van der Waals surface area (Å²) in [5.74, 6) is 2.84. The van der Waals surface area contributed by atoms with Crippen molar-refractivity contribution in [2.24, 2.45) is 10.4 Å². The highest BCUT2D eigenvalue weighted by Gasteiger charge is 2.40. The lowest BCUT2D eigenvalue weighted by molar-refractivity contribution is 0.0217. The van der Waals surface area contributed by atoms with Gasteiger partial charge in [0.25, 0.3) is 0 Å². The SMILES string of the molecule is CN=C(NCC1(O)CCSC1)N1CCC2(CCOCC2)C1.I. The minimum atomic E-state index is -0.559. The number of likely N-dealkylation sites (tertiary alicyclic amines) is 1. The molecule has 1 spiro atoms. The van der Waals surface area contributed by atoms with Crippen LogP contribution in [0.3, 0.4) is 0 Å². The maximum atomic E-state index is 10.4. The van der Waals surface area contributed by atoms with Gasteiger partial charge in [-0.2, -0.15) is 11.8 Å². The van der Waals surface area contributed by atoms with E-state index in [1.54, 1.807) is 0 Å². The lowest BCUT2D eigenvalue weighted by Crippen LogP contribution is -2.48. The van der Waals surface area contributed by atoms with Crippen molar-refractivity contribution in [3.8, 4) is 0 Å². The van der Waals surface area contributed by atoms with E-state index in [1.165, 1.54) is 19.3 Å². The van der Waals surface area contributed by atoms with Crippen LogP contribution < -0.4 is 5.32 Å². The molecule has 0 aromatic heterocycles. The van der Waals surface area contributed by atoms with E-state index in [-0.39, 0.29) is 24.0 Å². The van der Waals surface area contributed by atoms with E-state index in [1.807, 2.05) is 18.8 Å². The summed E-state index contributed by atoms with van der Waals surface area (Å²) in [7, 11) is 1.84. The van der Waals surface area contributed by atoms with E-state index in [4.69, 9.17) is 4.74 Å². The van der Waals surface area contributed by atoms with Crippen molar-refractivity contribution in [2.75, 3.05) is 51.4 Å². The van der Waals surface area contributed by atoms with Gasteiger partial charge in [-0.1, -0.05) is 0 Å². The third-order valence-electron chi connectivity index (χ3n) is 5.16. The highest BCUT2D eigenvalue weighted by molar-refractivity contribution is 14.0. The van der Waals surface area contributed by atoms with Gasteiger partial charge < -0.3 is 20.1 Å². The Labute approximate surface area is 154 Å². The van der Waals surface area contributed by atoms with E-state index < -0.39 is 5.60 Å². The maximum absolute atomic E-state index is 10.4. The molecular formula is C15H28IN3O2S. The number of hydrogen-bond donors (Lipinski definition) is 2. The number of aliphatic hydroxyl groups is 1. The predicted octanol–water partition coefficient (Wildman–Crippen LogP) is 1.55. The molecule has 128 valence electrons. The molecule has 3 fully saturated rings. The van der Waals surface area contributed by atoms with Crippen LogP contribution in [0.2, 0.25) is 0 Å². The van der Waals surface area contributed by atoms with Crippen molar-refractivity contribution in [1.82, 2.24) is 10.2 Å². The van der Waals surface area contributed by atoms with Crippen LogP contribution in [-0.2, 0) is 4.74 Å². The molecule has 2 N–H and O–H groups in total. The van der Waals surface area contributed by atoms with Crippen molar-refractivity contribution >= 4 is 41.7 Å². The zero-order valence-corrected chi connectivity index (χ0v) is 16.5. The first-order valence-electron chi connectivity index (χ1n) is 7.98. The van der Waals surface area contributed by atoms with E-state index in [0.29, 0.717) is 12.0 Å². The summed E-state index contributed by atoms with van der Waals surface area (Å²) in [6, 6.07) is 0. The van der Waals surface area contributed by atoms with Crippen LogP contribution in [0.15, 0.2) is 4.99 Å². The molecule has 3 aliphatic rings. The van der Waals surface area contributed by atoms with Gasteiger partial charge in [0, 0.05) is 45.6 Å². The molecular weight excluding hydrogens is 413 g/mol. The predicted molar refractivity (Wildman–Crippen MR) is 102 cm³/mol.